The normalized spacial score (nSPS) is 12.4. The van der Waals surface area contributed by atoms with E-state index in [1.807, 2.05) is 25.1 Å². The van der Waals surface area contributed by atoms with E-state index in [1.165, 1.54) is 4.88 Å². The highest BCUT2D eigenvalue weighted by atomic mass is 32.1. The van der Waals surface area contributed by atoms with Gasteiger partial charge >= 0.3 is 0 Å². The average molecular weight is 275 g/mol. The molecule has 0 spiro atoms. The van der Waals surface area contributed by atoms with Crippen molar-refractivity contribution in [3.63, 3.8) is 0 Å². The van der Waals surface area contributed by atoms with Crippen LogP contribution in [0.2, 0.25) is 0 Å². The molecule has 2 nitrogen and oxygen atoms in total. The molecule has 0 saturated heterocycles. The Hall–Kier alpha value is -1.32. The molecular formula is C16H21NOS. The topological polar surface area (TPSA) is 23.5 Å². The summed E-state index contributed by atoms with van der Waals surface area (Å²) in [6.07, 6.45) is 1.42. The van der Waals surface area contributed by atoms with Gasteiger partial charge in [-0.25, -0.2) is 0 Å². The van der Waals surface area contributed by atoms with Gasteiger partial charge in [0.05, 0.1) is 6.10 Å². The fourth-order valence-corrected chi connectivity index (χ4v) is 2.89. The minimum atomic E-state index is -0.375. The monoisotopic (exact) mass is 275 g/mol. The summed E-state index contributed by atoms with van der Waals surface area (Å²) in [5, 5.41) is 12.2. The molecule has 1 atom stereocenters. The molecule has 0 aliphatic heterocycles. The van der Waals surface area contributed by atoms with Crippen LogP contribution < -0.4 is 4.90 Å². The van der Waals surface area contributed by atoms with Crippen molar-refractivity contribution in [3.05, 3.63) is 52.2 Å². The summed E-state index contributed by atoms with van der Waals surface area (Å²) in [5.41, 5.74) is 2.16. The third-order valence-corrected chi connectivity index (χ3v) is 4.30. The fraction of sp³-hybridized carbons (Fsp3) is 0.375. The zero-order chi connectivity index (χ0) is 13.7. The number of hydrogen-bond acceptors (Lipinski definition) is 3. The van der Waals surface area contributed by atoms with E-state index in [0.717, 1.165) is 30.6 Å². The number of aliphatic hydroxyl groups excluding tert-OH is 1. The minimum absolute atomic E-state index is 0.375. The van der Waals surface area contributed by atoms with Gasteiger partial charge in [-0.05, 0) is 30.4 Å². The van der Waals surface area contributed by atoms with Gasteiger partial charge in [0.2, 0.25) is 0 Å². The molecule has 0 amide bonds. The third kappa shape index (κ3) is 3.58. The number of likely N-dealkylation sites (N-methyl/N-ethyl adjacent to an activating group) is 1. The largest absolute Gasteiger partial charge is 0.388 e. The van der Waals surface area contributed by atoms with E-state index in [-0.39, 0.29) is 6.10 Å². The molecule has 0 aliphatic rings. The van der Waals surface area contributed by atoms with Gasteiger partial charge in [-0.15, -0.1) is 11.3 Å². The lowest BCUT2D eigenvalue weighted by Gasteiger charge is -2.24. The lowest BCUT2D eigenvalue weighted by Crippen LogP contribution is -2.22. The van der Waals surface area contributed by atoms with Crippen LogP contribution in [0.1, 0.15) is 29.9 Å². The molecule has 0 radical (unpaired) electrons. The smallest absolute Gasteiger partial charge is 0.0807 e. The molecule has 0 saturated carbocycles. The molecule has 0 bridgehead atoms. The van der Waals surface area contributed by atoms with Crippen molar-refractivity contribution in [2.75, 3.05) is 18.5 Å². The Balaban J connectivity index is 2.07. The van der Waals surface area contributed by atoms with Gasteiger partial charge < -0.3 is 10.0 Å². The minimum Gasteiger partial charge on any atom is -0.388 e. The molecule has 1 heterocycles. The van der Waals surface area contributed by atoms with E-state index in [0.29, 0.717) is 0 Å². The molecule has 1 aromatic heterocycles. The van der Waals surface area contributed by atoms with Gasteiger partial charge in [-0.2, -0.15) is 0 Å². The fourth-order valence-electron chi connectivity index (χ4n) is 2.19. The Kier molecular flexibility index (Phi) is 5.00. The Morgan fingerprint density at radius 2 is 2.00 bits per heavy atom. The van der Waals surface area contributed by atoms with Gasteiger partial charge in [0.1, 0.15) is 0 Å². The predicted octanol–water partition coefficient (Wildman–Crippen LogP) is 3.87. The summed E-state index contributed by atoms with van der Waals surface area (Å²) >= 11 is 1.80. The van der Waals surface area contributed by atoms with Crippen molar-refractivity contribution in [1.82, 2.24) is 0 Å². The number of nitrogens with zero attached hydrogens (tertiary/aromatic N) is 1. The highest BCUT2D eigenvalue weighted by Gasteiger charge is 2.12. The number of thiophene rings is 1. The lowest BCUT2D eigenvalue weighted by atomic mass is 10.0. The maximum atomic E-state index is 10.1. The molecule has 102 valence electrons. The van der Waals surface area contributed by atoms with Crippen molar-refractivity contribution in [3.8, 4) is 0 Å². The first kappa shape index (κ1) is 14.1. The second kappa shape index (κ2) is 6.73. The molecule has 2 rings (SSSR count). The Morgan fingerprint density at radius 3 is 2.68 bits per heavy atom. The molecular weight excluding hydrogens is 254 g/mol. The number of benzene rings is 1. The summed E-state index contributed by atoms with van der Waals surface area (Å²) in [7, 11) is 2.09. The molecule has 1 aromatic carbocycles. The summed E-state index contributed by atoms with van der Waals surface area (Å²) in [5.74, 6) is 0. The van der Waals surface area contributed by atoms with Gasteiger partial charge in [0, 0.05) is 29.7 Å². The van der Waals surface area contributed by atoms with Crippen LogP contribution in [0, 0.1) is 0 Å². The van der Waals surface area contributed by atoms with Crippen LogP contribution >= 0.6 is 11.3 Å². The van der Waals surface area contributed by atoms with Crippen molar-refractivity contribution in [2.24, 2.45) is 0 Å². The van der Waals surface area contributed by atoms with Crippen LogP contribution in [0.15, 0.2) is 41.8 Å². The first-order valence-corrected chi connectivity index (χ1v) is 7.61. The van der Waals surface area contributed by atoms with Gasteiger partial charge in [-0.3, -0.25) is 0 Å². The second-order valence-electron chi connectivity index (χ2n) is 4.73. The number of rotatable bonds is 6. The van der Waals surface area contributed by atoms with E-state index >= 15 is 0 Å². The maximum absolute atomic E-state index is 10.1. The number of hydrogen-bond donors (Lipinski definition) is 1. The summed E-state index contributed by atoms with van der Waals surface area (Å²) in [4.78, 5) is 3.63. The average Bonchev–Trinajstić information content (AvgIpc) is 2.97. The quantitative estimate of drug-likeness (QED) is 0.865. The van der Waals surface area contributed by atoms with Gasteiger partial charge in [0.15, 0.2) is 0 Å². The number of aliphatic hydroxyl groups is 1. The molecule has 1 N–H and O–H groups in total. The first-order chi connectivity index (χ1) is 9.22. The zero-order valence-electron chi connectivity index (χ0n) is 11.5. The highest BCUT2D eigenvalue weighted by molar-refractivity contribution is 7.09. The lowest BCUT2D eigenvalue weighted by molar-refractivity contribution is 0.174. The second-order valence-corrected chi connectivity index (χ2v) is 5.77. The van der Waals surface area contributed by atoms with Crippen molar-refractivity contribution >= 4 is 17.0 Å². The summed E-state index contributed by atoms with van der Waals surface area (Å²) in [6, 6.07) is 12.4. The molecule has 0 fully saturated rings. The van der Waals surface area contributed by atoms with Crippen LogP contribution in [0.5, 0.6) is 0 Å². The zero-order valence-corrected chi connectivity index (χ0v) is 12.4. The standard InChI is InChI=1S/C16H21NOS/c1-3-16(18)14-8-4-5-9-15(14)17(2)11-10-13-7-6-12-19-13/h4-9,12,16,18H,3,10-11H2,1-2H3/t16-/m0/s1. The first-order valence-electron chi connectivity index (χ1n) is 6.73. The van der Waals surface area contributed by atoms with E-state index in [9.17, 15) is 5.11 Å². The third-order valence-electron chi connectivity index (χ3n) is 3.37. The van der Waals surface area contributed by atoms with Gasteiger partial charge in [0.25, 0.3) is 0 Å². The van der Waals surface area contributed by atoms with Crippen LogP contribution in [-0.4, -0.2) is 18.7 Å². The Morgan fingerprint density at radius 1 is 1.21 bits per heavy atom. The highest BCUT2D eigenvalue weighted by Crippen LogP contribution is 2.27. The number of anilines is 1. The Bertz CT molecular complexity index is 495. The van der Waals surface area contributed by atoms with Crippen LogP contribution in [0.4, 0.5) is 5.69 Å². The molecule has 19 heavy (non-hydrogen) atoms. The molecule has 0 aliphatic carbocycles. The molecule has 0 unspecified atom stereocenters. The van der Waals surface area contributed by atoms with Crippen LogP contribution in [0.3, 0.4) is 0 Å². The van der Waals surface area contributed by atoms with Gasteiger partial charge in [-0.1, -0.05) is 31.2 Å². The molecule has 3 heteroatoms. The maximum Gasteiger partial charge on any atom is 0.0807 e. The van der Waals surface area contributed by atoms with E-state index in [4.69, 9.17) is 0 Å². The van der Waals surface area contributed by atoms with Crippen molar-refractivity contribution in [2.45, 2.75) is 25.9 Å². The van der Waals surface area contributed by atoms with Crippen molar-refractivity contribution in [1.29, 1.82) is 0 Å². The SMILES string of the molecule is CC[C@H](O)c1ccccc1N(C)CCc1cccs1. The van der Waals surface area contributed by atoms with E-state index < -0.39 is 0 Å². The van der Waals surface area contributed by atoms with Crippen LogP contribution in [0.25, 0.3) is 0 Å². The summed E-state index contributed by atoms with van der Waals surface area (Å²) < 4.78 is 0. The van der Waals surface area contributed by atoms with Crippen molar-refractivity contribution < 1.29 is 5.11 Å². The molecule has 2 aromatic rings. The van der Waals surface area contributed by atoms with E-state index in [2.05, 4.69) is 35.5 Å². The van der Waals surface area contributed by atoms with Crippen LogP contribution in [-0.2, 0) is 6.42 Å². The number of para-hydroxylation sites is 1. The van der Waals surface area contributed by atoms with E-state index in [1.54, 1.807) is 11.3 Å². The predicted molar refractivity (Wildman–Crippen MR) is 83.0 cm³/mol. The summed E-state index contributed by atoms with van der Waals surface area (Å²) in [6.45, 7) is 2.97. The Labute approximate surface area is 119 Å².